The second-order valence-corrected chi connectivity index (χ2v) is 4.92. The van der Waals surface area contributed by atoms with Gasteiger partial charge in [0.15, 0.2) is 11.5 Å². The van der Waals surface area contributed by atoms with Crippen LogP contribution < -0.4 is 14.8 Å². The highest BCUT2D eigenvalue weighted by molar-refractivity contribution is 9.10. The molecule has 0 radical (unpaired) electrons. The number of carbonyl (C=O) groups is 1. The molecule has 1 unspecified atom stereocenters. The van der Waals surface area contributed by atoms with Crippen LogP contribution in [0.2, 0.25) is 0 Å². The van der Waals surface area contributed by atoms with Crippen molar-refractivity contribution in [1.82, 2.24) is 0 Å². The zero-order chi connectivity index (χ0) is 13.5. The first-order chi connectivity index (χ1) is 8.58. The average molecular weight is 318 g/mol. The third-order valence-electron chi connectivity index (χ3n) is 2.14. The van der Waals surface area contributed by atoms with Crippen molar-refractivity contribution in [3.63, 3.8) is 0 Å². The summed E-state index contributed by atoms with van der Waals surface area (Å²) in [7, 11) is 1.53. The number of ether oxygens (including phenoxy) is 2. The molecule has 6 heteroatoms. The van der Waals surface area contributed by atoms with Crippen LogP contribution >= 0.6 is 15.9 Å². The van der Waals surface area contributed by atoms with Crippen LogP contribution in [-0.4, -0.2) is 36.2 Å². The van der Waals surface area contributed by atoms with Crippen LogP contribution in [0, 0.1) is 0 Å². The Kier molecular flexibility index (Phi) is 5.94. The molecule has 1 atom stereocenters. The standard InChI is InChI=1S/C12H16BrNO4/c1-8(13)12(16)14-9-3-4-10(17-2)11(7-9)18-6-5-15/h3-4,7-8,15H,5-6H2,1-2H3,(H,14,16). The molecule has 0 aromatic heterocycles. The fourth-order valence-corrected chi connectivity index (χ4v) is 1.38. The topological polar surface area (TPSA) is 67.8 Å². The van der Waals surface area contributed by atoms with Gasteiger partial charge in [0.05, 0.1) is 18.5 Å². The minimum absolute atomic E-state index is 0.0851. The summed E-state index contributed by atoms with van der Waals surface area (Å²) in [5.74, 6) is 0.883. The predicted octanol–water partition coefficient (Wildman–Crippen LogP) is 1.79. The van der Waals surface area contributed by atoms with Gasteiger partial charge >= 0.3 is 0 Å². The zero-order valence-electron chi connectivity index (χ0n) is 10.3. The highest BCUT2D eigenvalue weighted by atomic mass is 79.9. The lowest BCUT2D eigenvalue weighted by Gasteiger charge is -2.12. The summed E-state index contributed by atoms with van der Waals surface area (Å²) in [6.07, 6.45) is 0. The molecule has 0 bridgehead atoms. The fourth-order valence-electron chi connectivity index (χ4n) is 1.26. The van der Waals surface area contributed by atoms with Crippen molar-refractivity contribution in [2.45, 2.75) is 11.8 Å². The lowest BCUT2D eigenvalue weighted by Crippen LogP contribution is -2.19. The Labute approximate surface area is 114 Å². The predicted molar refractivity (Wildman–Crippen MR) is 72.6 cm³/mol. The Bertz CT molecular complexity index is 409. The molecular weight excluding hydrogens is 302 g/mol. The van der Waals surface area contributed by atoms with E-state index in [-0.39, 0.29) is 23.9 Å². The number of rotatable bonds is 6. The van der Waals surface area contributed by atoms with E-state index in [9.17, 15) is 4.79 Å². The third kappa shape index (κ3) is 4.19. The number of carbonyl (C=O) groups excluding carboxylic acids is 1. The van der Waals surface area contributed by atoms with Gasteiger partial charge in [0.1, 0.15) is 6.61 Å². The number of hydrogen-bond donors (Lipinski definition) is 2. The van der Waals surface area contributed by atoms with E-state index in [0.29, 0.717) is 17.2 Å². The molecule has 1 amide bonds. The first-order valence-corrected chi connectivity index (χ1v) is 6.36. The van der Waals surface area contributed by atoms with E-state index in [0.717, 1.165) is 0 Å². The van der Waals surface area contributed by atoms with Crippen LogP contribution in [-0.2, 0) is 4.79 Å². The lowest BCUT2D eigenvalue weighted by atomic mass is 10.2. The van der Waals surface area contributed by atoms with Gasteiger partial charge in [-0.3, -0.25) is 4.79 Å². The molecule has 1 rings (SSSR count). The van der Waals surface area contributed by atoms with Gasteiger partial charge in [-0.2, -0.15) is 0 Å². The molecule has 0 heterocycles. The number of aliphatic hydroxyl groups excluding tert-OH is 1. The molecule has 1 aromatic rings. The van der Waals surface area contributed by atoms with Gasteiger partial charge in [0.25, 0.3) is 0 Å². The van der Waals surface area contributed by atoms with Crippen molar-refractivity contribution in [3.05, 3.63) is 18.2 Å². The number of methoxy groups -OCH3 is 1. The van der Waals surface area contributed by atoms with Crippen LogP contribution in [0.15, 0.2) is 18.2 Å². The number of hydrogen-bond acceptors (Lipinski definition) is 4. The van der Waals surface area contributed by atoms with Gasteiger partial charge in [-0.1, -0.05) is 15.9 Å². The quantitative estimate of drug-likeness (QED) is 0.785. The first kappa shape index (κ1) is 14.8. The Morgan fingerprint density at radius 3 is 2.78 bits per heavy atom. The van der Waals surface area contributed by atoms with Crippen LogP contribution in [0.5, 0.6) is 11.5 Å². The van der Waals surface area contributed by atoms with Crippen molar-refractivity contribution in [3.8, 4) is 11.5 Å². The number of halogens is 1. The van der Waals surface area contributed by atoms with Gasteiger partial charge in [0.2, 0.25) is 5.91 Å². The summed E-state index contributed by atoms with van der Waals surface area (Å²) < 4.78 is 10.4. The van der Waals surface area contributed by atoms with Crippen LogP contribution in [0.4, 0.5) is 5.69 Å². The molecule has 2 N–H and O–H groups in total. The lowest BCUT2D eigenvalue weighted by molar-refractivity contribution is -0.115. The normalized spacial score (nSPS) is 11.8. The molecule has 100 valence electrons. The minimum atomic E-state index is -0.276. The second-order valence-electron chi connectivity index (χ2n) is 3.54. The third-order valence-corrected chi connectivity index (χ3v) is 2.56. The van der Waals surface area contributed by atoms with Crippen LogP contribution in [0.3, 0.4) is 0 Å². The summed E-state index contributed by atoms with van der Waals surface area (Å²) >= 11 is 3.18. The van der Waals surface area contributed by atoms with E-state index in [2.05, 4.69) is 21.2 Å². The molecule has 0 spiro atoms. The molecule has 0 aliphatic carbocycles. The van der Waals surface area contributed by atoms with Crippen molar-refractivity contribution in [1.29, 1.82) is 0 Å². The van der Waals surface area contributed by atoms with Gasteiger partial charge in [-0.05, 0) is 19.1 Å². The Balaban J connectivity index is 2.84. The maximum Gasteiger partial charge on any atom is 0.237 e. The summed E-state index contributed by atoms with van der Waals surface area (Å²) in [5.41, 5.74) is 0.611. The average Bonchev–Trinajstić information content (AvgIpc) is 2.36. The molecular formula is C12H16BrNO4. The molecule has 1 aromatic carbocycles. The smallest absolute Gasteiger partial charge is 0.237 e. The number of anilines is 1. The summed E-state index contributed by atoms with van der Waals surface area (Å²) in [4.78, 5) is 11.2. The molecule has 0 saturated heterocycles. The van der Waals surface area contributed by atoms with Crippen molar-refractivity contribution >= 4 is 27.5 Å². The maximum atomic E-state index is 11.5. The number of alkyl halides is 1. The molecule has 0 saturated carbocycles. The molecule has 0 aliphatic heterocycles. The van der Waals surface area contributed by atoms with Gasteiger partial charge in [-0.25, -0.2) is 0 Å². The Hall–Kier alpha value is -1.27. The monoisotopic (exact) mass is 317 g/mol. The minimum Gasteiger partial charge on any atom is -0.493 e. The highest BCUT2D eigenvalue weighted by Gasteiger charge is 2.11. The molecule has 0 fully saturated rings. The number of aliphatic hydroxyl groups is 1. The van der Waals surface area contributed by atoms with Gasteiger partial charge in [-0.15, -0.1) is 0 Å². The summed E-state index contributed by atoms with van der Waals surface area (Å²) in [5, 5.41) is 11.5. The Morgan fingerprint density at radius 2 is 2.22 bits per heavy atom. The van der Waals surface area contributed by atoms with Gasteiger partial charge < -0.3 is 19.9 Å². The van der Waals surface area contributed by atoms with E-state index in [1.165, 1.54) is 7.11 Å². The summed E-state index contributed by atoms with van der Waals surface area (Å²) in [6.45, 7) is 1.82. The fraction of sp³-hybridized carbons (Fsp3) is 0.417. The first-order valence-electron chi connectivity index (χ1n) is 5.45. The summed E-state index contributed by atoms with van der Waals surface area (Å²) in [6, 6.07) is 5.07. The van der Waals surface area contributed by atoms with E-state index in [1.807, 2.05) is 0 Å². The molecule has 5 nitrogen and oxygen atoms in total. The number of benzene rings is 1. The van der Waals surface area contributed by atoms with E-state index >= 15 is 0 Å². The maximum absolute atomic E-state index is 11.5. The molecule has 0 aliphatic rings. The van der Waals surface area contributed by atoms with Crippen LogP contribution in [0.25, 0.3) is 0 Å². The Morgan fingerprint density at radius 1 is 1.50 bits per heavy atom. The second kappa shape index (κ2) is 7.23. The SMILES string of the molecule is COc1ccc(NC(=O)C(C)Br)cc1OCCO. The van der Waals surface area contributed by atoms with E-state index in [4.69, 9.17) is 14.6 Å². The van der Waals surface area contributed by atoms with E-state index in [1.54, 1.807) is 25.1 Å². The van der Waals surface area contributed by atoms with E-state index < -0.39 is 0 Å². The highest BCUT2D eigenvalue weighted by Crippen LogP contribution is 2.30. The number of amides is 1. The largest absolute Gasteiger partial charge is 0.493 e. The van der Waals surface area contributed by atoms with Crippen molar-refractivity contribution < 1.29 is 19.4 Å². The van der Waals surface area contributed by atoms with Crippen molar-refractivity contribution in [2.24, 2.45) is 0 Å². The zero-order valence-corrected chi connectivity index (χ0v) is 11.9. The molecule has 18 heavy (non-hydrogen) atoms. The number of nitrogens with one attached hydrogen (secondary N) is 1. The van der Waals surface area contributed by atoms with Crippen LogP contribution in [0.1, 0.15) is 6.92 Å². The van der Waals surface area contributed by atoms with Gasteiger partial charge in [0, 0.05) is 11.8 Å². The van der Waals surface area contributed by atoms with Crippen molar-refractivity contribution in [2.75, 3.05) is 25.6 Å².